The van der Waals surface area contributed by atoms with Gasteiger partial charge in [0, 0.05) is 19.6 Å². The standard InChI is InChI=1S/C23H32N2O5/c1-24(13-14-26)21-20(16-11-12-18(29-2)19(15-16)30-3)22(27)25(23(21)28)17-9-7-5-4-6-8-10-17/h11-12,15,17,26H,4-10,13-14H2,1-3H3. The van der Waals surface area contributed by atoms with Crippen molar-refractivity contribution < 1.29 is 24.2 Å². The highest BCUT2D eigenvalue weighted by Crippen LogP contribution is 2.38. The van der Waals surface area contributed by atoms with Gasteiger partial charge in [0.25, 0.3) is 11.8 Å². The Morgan fingerprint density at radius 3 is 2.23 bits per heavy atom. The summed E-state index contributed by atoms with van der Waals surface area (Å²) >= 11 is 0. The molecule has 1 saturated carbocycles. The topological polar surface area (TPSA) is 79.3 Å². The number of nitrogens with zero attached hydrogens (tertiary/aromatic N) is 2. The molecule has 164 valence electrons. The molecule has 0 atom stereocenters. The van der Waals surface area contributed by atoms with E-state index >= 15 is 0 Å². The average molecular weight is 417 g/mol. The van der Waals surface area contributed by atoms with Gasteiger partial charge in [0.05, 0.1) is 26.4 Å². The number of likely N-dealkylation sites (N-methyl/N-ethyl adjacent to an activating group) is 1. The Balaban J connectivity index is 2.04. The van der Waals surface area contributed by atoms with Crippen molar-refractivity contribution in [2.45, 2.75) is 51.0 Å². The zero-order valence-corrected chi connectivity index (χ0v) is 18.1. The molecule has 7 nitrogen and oxygen atoms in total. The Morgan fingerprint density at radius 1 is 1.00 bits per heavy atom. The van der Waals surface area contributed by atoms with Crippen LogP contribution in [0.1, 0.15) is 50.5 Å². The van der Waals surface area contributed by atoms with Gasteiger partial charge in [-0.05, 0) is 30.5 Å². The number of aliphatic hydroxyl groups excluding tert-OH is 1. The molecule has 1 aliphatic carbocycles. The van der Waals surface area contributed by atoms with Crippen LogP contribution in [0.3, 0.4) is 0 Å². The predicted octanol–water partition coefficient (Wildman–Crippen LogP) is 2.82. The van der Waals surface area contributed by atoms with Crippen LogP contribution in [0.5, 0.6) is 11.5 Å². The fourth-order valence-corrected chi connectivity index (χ4v) is 4.43. The van der Waals surface area contributed by atoms with Gasteiger partial charge in [-0.15, -0.1) is 0 Å². The lowest BCUT2D eigenvalue weighted by molar-refractivity contribution is -0.140. The second-order valence-electron chi connectivity index (χ2n) is 7.92. The number of carbonyl (C=O) groups excluding carboxylic acids is 2. The van der Waals surface area contributed by atoms with E-state index in [0.717, 1.165) is 38.5 Å². The van der Waals surface area contributed by atoms with Crippen molar-refractivity contribution in [2.75, 3.05) is 34.4 Å². The molecule has 1 fully saturated rings. The third-order valence-electron chi connectivity index (χ3n) is 6.02. The van der Waals surface area contributed by atoms with Crippen molar-refractivity contribution >= 4 is 17.4 Å². The van der Waals surface area contributed by atoms with Gasteiger partial charge in [-0.2, -0.15) is 0 Å². The fraction of sp³-hybridized carbons (Fsp3) is 0.565. The summed E-state index contributed by atoms with van der Waals surface area (Å²) in [5.41, 5.74) is 1.31. The molecule has 1 aromatic rings. The van der Waals surface area contributed by atoms with E-state index in [-0.39, 0.29) is 31.0 Å². The number of ether oxygens (including phenoxy) is 2. The van der Waals surface area contributed by atoms with Crippen LogP contribution >= 0.6 is 0 Å². The first-order chi connectivity index (χ1) is 14.5. The molecule has 3 rings (SSSR count). The molecule has 0 radical (unpaired) electrons. The third kappa shape index (κ3) is 4.31. The van der Waals surface area contributed by atoms with E-state index in [9.17, 15) is 14.7 Å². The summed E-state index contributed by atoms with van der Waals surface area (Å²) in [6.07, 6.45) is 7.22. The monoisotopic (exact) mass is 416 g/mol. The quantitative estimate of drug-likeness (QED) is 0.689. The maximum atomic E-state index is 13.6. The molecule has 0 saturated heterocycles. The number of hydrogen-bond acceptors (Lipinski definition) is 6. The SMILES string of the molecule is COc1ccc(C2=C(N(C)CCO)C(=O)N(C3CCCCCCC3)C2=O)cc1OC. The summed E-state index contributed by atoms with van der Waals surface area (Å²) in [7, 11) is 4.83. The van der Waals surface area contributed by atoms with Gasteiger partial charge in [0.15, 0.2) is 11.5 Å². The van der Waals surface area contributed by atoms with Gasteiger partial charge in [-0.3, -0.25) is 14.5 Å². The van der Waals surface area contributed by atoms with Crippen LogP contribution in [0.15, 0.2) is 23.9 Å². The van der Waals surface area contributed by atoms with Crippen molar-refractivity contribution in [1.82, 2.24) is 9.80 Å². The number of amides is 2. The summed E-state index contributed by atoms with van der Waals surface area (Å²) in [6, 6.07) is 5.16. The van der Waals surface area contributed by atoms with Crippen molar-refractivity contribution in [1.29, 1.82) is 0 Å². The normalized spacial score (nSPS) is 18.5. The van der Waals surface area contributed by atoms with Crippen molar-refractivity contribution in [2.24, 2.45) is 0 Å². The molecule has 30 heavy (non-hydrogen) atoms. The minimum absolute atomic E-state index is 0.0829. The number of carbonyl (C=O) groups is 2. The van der Waals surface area contributed by atoms with E-state index in [4.69, 9.17) is 9.47 Å². The Bertz CT molecular complexity index is 812. The van der Waals surface area contributed by atoms with E-state index < -0.39 is 0 Å². The summed E-state index contributed by atoms with van der Waals surface area (Å²) in [6.45, 7) is 0.160. The van der Waals surface area contributed by atoms with Gasteiger partial charge in [-0.1, -0.05) is 38.2 Å². The molecule has 1 heterocycles. The number of benzene rings is 1. The smallest absolute Gasteiger partial charge is 0.278 e. The largest absolute Gasteiger partial charge is 0.493 e. The minimum atomic E-state index is -0.272. The van der Waals surface area contributed by atoms with Crippen LogP contribution in [0.25, 0.3) is 5.57 Å². The van der Waals surface area contributed by atoms with E-state index in [1.54, 1.807) is 37.3 Å². The highest BCUT2D eigenvalue weighted by Gasteiger charge is 2.44. The van der Waals surface area contributed by atoms with Crippen LogP contribution < -0.4 is 9.47 Å². The first-order valence-electron chi connectivity index (χ1n) is 10.7. The highest BCUT2D eigenvalue weighted by molar-refractivity contribution is 6.35. The third-order valence-corrected chi connectivity index (χ3v) is 6.02. The molecular weight excluding hydrogens is 384 g/mol. The zero-order valence-electron chi connectivity index (χ0n) is 18.1. The predicted molar refractivity (Wildman–Crippen MR) is 114 cm³/mol. The second-order valence-corrected chi connectivity index (χ2v) is 7.92. The fourth-order valence-electron chi connectivity index (χ4n) is 4.43. The number of imide groups is 1. The minimum Gasteiger partial charge on any atom is -0.493 e. The Hall–Kier alpha value is -2.54. The van der Waals surface area contributed by atoms with Gasteiger partial charge < -0.3 is 19.5 Å². The number of aliphatic hydroxyl groups is 1. The van der Waals surface area contributed by atoms with E-state index in [1.165, 1.54) is 18.4 Å². The maximum absolute atomic E-state index is 13.6. The molecule has 0 spiro atoms. The second kappa shape index (κ2) is 9.98. The van der Waals surface area contributed by atoms with E-state index in [0.29, 0.717) is 28.3 Å². The van der Waals surface area contributed by atoms with Gasteiger partial charge in [0.1, 0.15) is 5.70 Å². The molecule has 0 unspecified atom stereocenters. The highest BCUT2D eigenvalue weighted by atomic mass is 16.5. The van der Waals surface area contributed by atoms with Gasteiger partial charge in [0.2, 0.25) is 0 Å². The van der Waals surface area contributed by atoms with Crippen LogP contribution in [-0.2, 0) is 9.59 Å². The van der Waals surface area contributed by atoms with Crippen LogP contribution in [0.4, 0.5) is 0 Å². The number of methoxy groups -OCH3 is 2. The molecule has 7 heteroatoms. The lowest BCUT2D eigenvalue weighted by Gasteiger charge is -2.29. The molecule has 0 aromatic heterocycles. The van der Waals surface area contributed by atoms with Crippen molar-refractivity contribution in [3.63, 3.8) is 0 Å². The van der Waals surface area contributed by atoms with E-state index in [2.05, 4.69) is 0 Å². The Kier molecular flexibility index (Phi) is 7.37. The summed E-state index contributed by atoms with van der Waals surface area (Å²) in [5, 5.41) is 9.43. The van der Waals surface area contributed by atoms with Gasteiger partial charge in [-0.25, -0.2) is 0 Å². The summed E-state index contributed by atoms with van der Waals surface area (Å²) < 4.78 is 10.7. The van der Waals surface area contributed by atoms with Crippen molar-refractivity contribution in [3.8, 4) is 11.5 Å². The Morgan fingerprint density at radius 2 is 1.63 bits per heavy atom. The van der Waals surface area contributed by atoms with Crippen LogP contribution in [0.2, 0.25) is 0 Å². The molecule has 0 bridgehead atoms. The summed E-state index contributed by atoms with van der Waals surface area (Å²) in [4.78, 5) is 30.2. The number of rotatable bonds is 7. The maximum Gasteiger partial charge on any atom is 0.278 e. The molecule has 1 aromatic carbocycles. The zero-order chi connectivity index (χ0) is 21.7. The first-order valence-corrected chi connectivity index (χ1v) is 10.7. The Labute approximate surface area is 178 Å². The van der Waals surface area contributed by atoms with Crippen molar-refractivity contribution in [3.05, 3.63) is 29.5 Å². The van der Waals surface area contributed by atoms with Crippen LogP contribution in [-0.4, -0.2) is 67.2 Å². The average Bonchev–Trinajstić information content (AvgIpc) is 2.98. The lowest BCUT2D eigenvalue weighted by Crippen LogP contribution is -2.42. The molecule has 1 aliphatic heterocycles. The molecule has 2 amide bonds. The molecule has 2 aliphatic rings. The first kappa shape index (κ1) is 22.2. The van der Waals surface area contributed by atoms with E-state index in [1.807, 2.05) is 0 Å². The van der Waals surface area contributed by atoms with Gasteiger partial charge >= 0.3 is 0 Å². The van der Waals surface area contributed by atoms with Crippen LogP contribution in [0, 0.1) is 0 Å². The lowest BCUT2D eigenvalue weighted by atomic mass is 9.95. The molecule has 1 N–H and O–H groups in total. The summed E-state index contributed by atoms with van der Waals surface area (Å²) in [5.74, 6) is 0.515. The number of hydrogen-bond donors (Lipinski definition) is 1. The molecular formula is C23H32N2O5.